The van der Waals surface area contributed by atoms with Gasteiger partial charge in [0.05, 0.1) is 11.3 Å². The van der Waals surface area contributed by atoms with Crippen LogP contribution in [0.4, 0.5) is 5.88 Å². The molecule has 17 heavy (non-hydrogen) atoms. The van der Waals surface area contributed by atoms with Gasteiger partial charge in [-0.1, -0.05) is 5.16 Å². The van der Waals surface area contributed by atoms with E-state index in [-0.39, 0.29) is 5.91 Å². The minimum absolute atomic E-state index is 0.161. The van der Waals surface area contributed by atoms with E-state index in [1.54, 1.807) is 4.90 Å². The van der Waals surface area contributed by atoms with Crippen LogP contribution in [0.2, 0.25) is 0 Å². The summed E-state index contributed by atoms with van der Waals surface area (Å²) in [6.45, 7) is 3.64. The standard InChI is InChI=1S/C12H17N3O2/c1-8-6-10-9(7-13-8)12(17-14-10)15-5-3-2-4-11(15)16/h8,13H,2-7H2,1H3. The van der Waals surface area contributed by atoms with Crippen molar-refractivity contribution in [2.45, 2.75) is 45.2 Å². The van der Waals surface area contributed by atoms with Gasteiger partial charge < -0.3 is 9.84 Å². The molecule has 1 fully saturated rings. The molecule has 1 N–H and O–H groups in total. The number of carbonyl (C=O) groups is 1. The number of nitrogens with zero attached hydrogens (tertiary/aromatic N) is 2. The summed E-state index contributed by atoms with van der Waals surface area (Å²) in [5, 5.41) is 7.49. The lowest BCUT2D eigenvalue weighted by molar-refractivity contribution is -0.119. The van der Waals surface area contributed by atoms with Crippen molar-refractivity contribution < 1.29 is 9.32 Å². The number of anilines is 1. The minimum Gasteiger partial charge on any atom is -0.338 e. The van der Waals surface area contributed by atoms with Crippen molar-refractivity contribution in [3.05, 3.63) is 11.3 Å². The lowest BCUT2D eigenvalue weighted by Crippen LogP contribution is -2.37. The van der Waals surface area contributed by atoms with E-state index in [1.807, 2.05) is 0 Å². The van der Waals surface area contributed by atoms with Gasteiger partial charge in [-0.15, -0.1) is 0 Å². The fourth-order valence-corrected chi connectivity index (χ4v) is 2.54. The van der Waals surface area contributed by atoms with Gasteiger partial charge in [-0.2, -0.15) is 0 Å². The zero-order chi connectivity index (χ0) is 11.8. The summed E-state index contributed by atoms with van der Waals surface area (Å²) < 4.78 is 5.39. The molecule has 0 radical (unpaired) electrons. The van der Waals surface area contributed by atoms with E-state index < -0.39 is 0 Å². The first kappa shape index (κ1) is 10.8. The van der Waals surface area contributed by atoms with Crippen LogP contribution in [0.5, 0.6) is 0 Å². The first-order valence-electron chi connectivity index (χ1n) is 6.27. The molecule has 3 heterocycles. The third-order valence-corrected chi connectivity index (χ3v) is 3.54. The van der Waals surface area contributed by atoms with E-state index in [0.29, 0.717) is 18.3 Å². The normalized spacial score (nSPS) is 24.9. The van der Waals surface area contributed by atoms with Gasteiger partial charge in [0.25, 0.3) is 0 Å². The maximum absolute atomic E-state index is 11.9. The average molecular weight is 235 g/mol. The average Bonchev–Trinajstić information content (AvgIpc) is 2.72. The Balaban J connectivity index is 1.91. The summed E-state index contributed by atoms with van der Waals surface area (Å²) in [6.07, 6.45) is 3.53. The second-order valence-electron chi connectivity index (χ2n) is 4.90. The molecule has 0 saturated carbocycles. The molecule has 5 nitrogen and oxygen atoms in total. The molecule has 1 atom stereocenters. The molecule has 1 saturated heterocycles. The highest BCUT2D eigenvalue weighted by molar-refractivity contribution is 5.93. The Morgan fingerprint density at radius 1 is 1.47 bits per heavy atom. The largest absolute Gasteiger partial charge is 0.338 e. The second kappa shape index (κ2) is 4.14. The lowest BCUT2D eigenvalue weighted by Gasteiger charge is -2.26. The molecule has 2 aliphatic rings. The van der Waals surface area contributed by atoms with Crippen LogP contribution in [-0.4, -0.2) is 23.7 Å². The molecular formula is C12H17N3O2. The highest BCUT2D eigenvalue weighted by atomic mass is 16.5. The highest BCUT2D eigenvalue weighted by Crippen LogP contribution is 2.29. The topological polar surface area (TPSA) is 58.4 Å². The summed E-state index contributed by atoms with van der Waals surface area (Å²) in [7, 11) is 0. The number of amides is 1. The second-order valence-corrected chi connectivity index (χ2v) is 4.90. The van der Waals surface area contributed by atoms with Gasteiger partial charge in [-0.3, -0.25) is 9.69 Å². The van der Waals surface area contributed by atoms with Gasteiger partial charge >= 0.3 is 0 Å². The Kier molecular flexibility index (Phi) is 2.63. The molecule has 3 rings (SSSR count). The quantitative estimate of drug-likeness (QED) is 0.795. The van der Waals surface area contributed by atoms with Crippen LogP contribution in [-0.2, 0) is 17.8 Å². The molecular weight excluding hydrogens is 218 g/mol. The lowest BCUT2D eigenvalue weighted by atomic mass is 10.0. The predicted octanol–water partition coefficient (Wildman–Crippen LogP) is 1.23. The summed E-state index contributed by atoms with van der Waals surface area (Å²) in [6, 6.07) is 0.428. The summed E-state index contributed by atoms with van der Waals surface area (Å²) in [5.74, 6) is 0.831. The van der Waals surface area contributed by atoms with Crippen molar-refractivity contribution in [3.63, 3.8) is 0 Å². The van der Waals surface area contributed by atoms with E-state index in [1.165, 1.54) is 0 Å². The predicted molar refractivity (Wildman–Crippen MR) is 62.7 cm³/mol. The number of rotatable bonds is 1. The van der Waals surface area contributed by atoms with E-state index in [4.69, 9.17) is 4.52 Å². The summed E-state index contributed by atoms with van der Waals surface area (Å²) >= 11 is 0. The number of hydrogen-bond donors (Lipinski definition) is 1. The van der Waals surface area contributed by atoms with Crippen molar-refractivity contribution in [2.24, 2.45) is 0 Å². The molecule has 0 spiro atoms. The highest BCUT2D eigenvalue weighted by Gasteiger charge is 2.30. The van der Waals surface area contributed by atoms with Gasteiger partial charge in [0.1, 0.15) is 0 Å². The monoisotopic (exact) mass is 235 g/mol. The number of aromatic nitrogens is 1. The van der Waals surface area contributed by atoms with Crippen LogP contribution >= 0.6 is 0 Å². The molecule has 2 aliphatic heterocycles. The van der Waals surface area contributed by atoms with Gasteiger partial charge in [-0.05, 0) is 19.8 Å². The van der Waals surface area contributed by atoms with Gasteiger partial charge in [0.2, 0.25) is 11.8 Å². The van der Waals surface area contributed by atoms with E-state index >= 15 is 0 Å². The van der Waals surface area contributed by atoms with Crippen LogP contribution in [0.15, 0.2) is 4.52 Å². The first-order valence-corrected chi connectivity index (χ1v) is 6.27. The molecule has 1 aromatic heterocycles. The number of piperidine rings is 1. The molecule has 1 amide bonds. The minimum atomic E-state index is 0.161. The molecule has 0 bridgehead atoms. The molecule has 1 aromatic rings. The van der Waals surface area contributed by atoms with E-state index in [9.17, 15) is 4.79 Å². The first-order chi connectivity index (χ1) is 8.25. The molecule has 0 aliphatic carbocycles. The maximum Gasteiger partial charge on any atom is 0.238 e. The zero-order valence-electron chi connectivity index (χ0n) is 10.0. The van der Waals surface area contributed by atoms with Crippen LogP contribution in [0.25, 0.3) is 0 Å². The SMILES string of the molecule is CC1Cc2noc(N3CCCCC3=O)c2CN1. The molecule has 1 unspecified atom stereocenters. The van der Waals surface area contributed by atoms with Crippen LogP contribution in [0, 0.1) is 0 Å². The van der Waals surface area contributed by atoms with Crippen molar-refractivity contribution in [3.8, 4) is 0 Å². The maximum atomic E-state index is 11.9. The number of fused-ring (bicyclic) bond motifs is 1. The van der Waals surface area contributed by atoms with Crippen LogP contribution in [0.3, 0.4) is 0 Å². The third kappa shape index (κ3) is 1.84. The Morgan fingerprint density at radius 2 is 2.35 bits per heavy atom. The van der Waals surface area contributed by atoms with Crippen LogP contribution < -0.4 is 10.2 Å². The van der Waals surface area contributed by atoms with Crippen molar-refractivity contribution in [1.29, 1.82) is 0 Å². The third-order valence-electron chi connectivity index (χ3n) is 3.54. The molecule has 0 aromatic carbocycles. The fourth-order valence-electron chi connectivity index (χ4n) is 2.54. The van der Waals surface area contributed by atoms with Crippen molar-refractivity contribution in [2.75, 3.05) is 11.4 Å². The Bertz CT molecular complexity index is 441. The Labute approximate surface area is 100 Å². The van der Waals surface area contributed by atoms with Crippen LogP contribution in [0.1, 0.15) is 37.4 Å². The van der Waals surface area contributed by atoms with Crippen molar-refractivity contribution in [1.82, 2.24) is 10.5 Å². The number of nitrogens with one attached hydrogen (secondary N) is 1. The van der Waals surface area contributed by atoms with Crippen molar-refractivity contribution >= 4 is 11.8 Å². The van der Waals surface area contributed by atoms with E-state index in [2.05, 4.69) is 17.4 Å². The fraction of sp³-hybridized carbons (Fsp3) is 0.667. The van der Waals surface area contributed by atoms with Gasteiger partial charge in [0.15, 0.2) is 0 Å². The number of carbonyl (C=O) groups excluding carboxylic acids is 1. The van der Waals surface area contributed by atoms with E-state index in [0.717, 1.165) is 43.6 Å². The molecule has 92 valence electrons. The summed E-state index contributed by atoms with van der Waals surface area (Å²) in [4.78, 5) is 13.6. The Morgan fingerprint density at radius 3 is 3.18 bits per heavy atom. The number of hydrogen-bond acceptors (Lipinski definition) is 4. The zero-order valence-corrected chi connectivity index (χ0v) is 10.0. The van der Waals surface area contributed by atoms with Gasteiger partial charge in [0, 0.05) is 32.0 Å². The Hall–Kier alpha value is -1.36. The van der Waals surface area contributed by atoms with Gasteiger partial charge in [-0.25, -0.2) is 0 Å². The smallest absolute Gasteiger partial charge is 0.238 e. The summed E-state index contributed by atoms with van der Waals surface area (Å²) in [5.41, 5.74) is 2.07. The molecule has 5 heteroatoms.